The van der Waals surface area contributed by atoms with E-state index in [1.54, 1.807) is 0 Å². The molecule has 0 aliphatic heterocycles. The summed E-state index contributed by atoms with van der Waals surface area (Å²) in [6, 6.07) is 7.79. The minimum Gasteiger partial charge on any atom is -0.371 e. The second kappa shape index (κ2) is 7.91. The van der Waals surface area contributed by atoms with Gasteiger partial charge in [-0.05, 0) is 46.5 Å². The van der Waals surface area contributed by atoms with Crippen molar-refractivity contribution in [3.63, 3.8) is 0 Å². The normalized spacial score (nSPS) is 11.4. The molecule has 0 atom stereocenters. The zero-order valence-corrected chi connectivity index (χ0v) is 14.4. The highest BCUT2D eigenvalue weighted by Gasteiger charge is 2.13. The number of rotatable bonds is 7. The maximum Gasteiger partial charge on any atom is 0.0510 e. The van der Waals surface area contributed by atoms with Gasteiger partial charge in [0.2, 0.25) is 0 Å². The predicted octanol–water partition coefficient (Wildman–Crippen LogP) is 4.57. The van der Waals surface area contributed by atoms with E-state index in [1.165, 1.54) is 28.6 Å². The number of anilines is 1. The van der Waals surface area contributed by atoms with Crippen molar-refractivity contribution in [2.24, 2.45) is 0 Å². The lowest BCUT2D eigenvalue weighted by Gasteiger charge is -2.29. The van der Waals surface area contributed by atoms with Crippen molar-refractivity contribution in [1.29, 1.82) is 0 Å². The molecular weight excluding hydrogens is 300 g/mol. The van der Waals surface area contributed by atoms with Crippen molar-refractivity contribution in [3.8, 4) is 0 Å². The van der Waals surface area contributed by atoms with Gasteiger partial charge >= 0.3 is 0 Å². The Morgan fingerprint density at radius 1 is 1.21 bits per heavy atom. The van der Waals surface area contributed by atoms with Crippen molar-refractivity contribution in [3.05, 3.63) is 28.2 Å². The molecule has 0 saturated carbocycles. The Balaban J connectivity index is 2.81. The highest BCUT2D eigenvalue weighted by molar-refractivity contribution is 9.10. The molecule has 0 aliphatic carbocycles. The lowest BCUT2D eigenvalue weighted by Crippen LogP contribution is -2.30. The van der Waals surface area contributed by atoms with E-state index in [1.807, 2.05) is 0 Å². The summed E-state index contributed by atoms with van der Waals surface area (Å²) in [5.74, 6) is 0. The third-order valence-corrected chi connectivity index (χ3v) is 4.23. The summed E-state index contributed by atoms with van der Waals surface area (Å²) in [5.41, 5.74) is 2.60. The third kappa shape index (κ3) is 4.81. The van der Waals surface area contributed by atoms with Crippen LogP contribution in [0.5, 0.6) is 0 Å². The van der Waals surface area contributed by atoms with Crippen LogP contribution >= 0.6 is 15.9 Å². The number of hydrogen-bond donors (Lipinski definition) is 1. The van der Waals surface area contributed by atoms with E-state index in [9.17, 15) is 0 Å². The first-order valence-electron chi connectivity index (χ1n) is 7.24. The second-order valence-corrected chi connectivity index (χ2v) is 6.26. The van der Waals surface area contributed by atoms with Crippen molar-refractivity contribution in [2.75, 3.05) is 11.9 Å². The van der Waals surface area contributed by atoms with Crippen LogP contribution in [-0.2, 0) is 6.54 Å². The molecule has 0 fully saturated rings. The number of benzene rings is 1. The summed E-state index contributed by atoms with van der Waals surface area (Å²) in [5, 5.41) is 3.45. The molecule has 108 valence electrons. The molecule has 1 rings (SSSR count). The van der Waals surface area contributed by atoms with E-state index in [4.69, 9.17) is 0 Å². The topological polar surface area (TPSA) is 15.3 Å². The standard InChI is InChI=1S/C16H27BrN2/c1-6-14(7-2)19(5)16-9-8-13(10-15(16)17)11-18-12(3)4/h8-10,12,14,18H,6-7,11H2,1-5H3. The first-order valence-corrected chi connectivity index (χ1v) is 8.03. The lowest BCUT2D eigenvalue weighted by atomic mass is 10.1. The molecule has 1 aromatic rings. The first kappa shape index (κ1) is 16.5. The van der Waals surface area contributed by atoms with Crippen LogP contribution in [0.3, 0.4) is 0 Å². The smallest absolute Gasteiger partial charge is 0.0510 e. The van der Waals surface area contributed by atoms with Crippen molar-refractivity contribution >= 4 is 21.6 Å². The Morgan fingerprint density at radius 2 is 1.84 bits per heavy atom. The van der Waals surface area contributed by atoms with E-state index < -0.39 is 0 Å². The molecule has 0 aromatic heterocycles. The van der Waals surface area contributed by atoms with Gasteiger partial charge in [0.05, 0.1) is 5.69 Å². The van der Waals surface area contributed by atoms with Gasteiger partial charge < -0.3 is 10.2 Å². The monoisotopic (exact) mass is 326 g/mol. The number of nitrogens with zero attached hydrogens (tertiary/aromatic N) is 1. The molecule has 0 spiro atoms. The quantitative estimate of drug-likeness (QED) is 0.789. The molecular formula is C16H27BrN2. The van der Waals surface area contributed by atoms with Gasteiger partial charge in [0.1, 0.15) is 0 Å². The fourth-order valence-electron chi connectivity index (χ4n) is 2.30. The van der Waals surface area contributed by atoms with Crippen LogP contribution in [0.1, 0.15) is 46.1 Å². The number of halogens is 1. The Kier molecular flexibility index (Phi) is 6.87. The molecule has 19 heavy (non-hydrogen) atoms. The molecule has 3 heteroatoms. The van der Waals surface area contributed by atoms with Gasteiger partial charge in [-0.3, -0.25) is 0 Å². The van der Waals surface area contributed by atoms with Crippen molar-refractivity contribution in [2.45, 2.75) is 59.2 Å². The molecule has 0 bridgehead atoms. The van der Waals surface area contributed by atoms with Gasteiger partial charge in [-0.1, -0.05) is 33.8 Å². The first-order chi connectivity index (χ1) is 8.99. The largest absolute Gasteiger partial charge is 0.371 e. The van der Waals surface area contributed by atoms with Crippen LogP contribution in [0.25, 0.3) is 0 Å². The van der Waals surface area contributed by atoms with E-state index in [2.05, 4.69) is 79.1 Å². The second-order valence-electron chi connectivity index (χ2n) is 5.40. The highest BCUT2D eigenvalue weighted by Crippen LogP contribution is 2.29. The van der Waals surface area contributed by atoms with Gasteiger partial charge in [0.25, 0.3) is 0 Å². The van der Waals surface area contributed by atoms with Gasteiger partial charge in [0.15, 0.2) is 0 Å². The minimum absolute atomic E-state index is 0.519. The molecule has 0 heterocycles. The zero-order valence-electron chi connectivity index (χ0n) is 12.8. The van der Waals surface area contributed by atoms with E-state index >= 15 is 0 Å². The summed E-state index contributed by atoms with van der Waals surface area (Å²) >= 11 is 3.71. The lowest BCUT2D eigenvalue weighted by molar-refractivity contribution is 0.586. The van der Waals surface area contributed by atoms with Crippen LogP contribution in [0.15, 0.2) is 22.7 Å². The number of nitrogens with one attached hydrogen (secondary N) is 1. The number of hydrogen-bond acceptors (Lipinski definition) is 2. The SMILES string of the molecule is CCC(CC)N(C)c1ccc(CNC(C)C)cc1Br. The van der Waals surface area contributed by atoms with E-state index in [-0.39, 0.29) is 0 Å². The summed E-state index contributed by atoms with van der Waals surface area (Å²) in [4.78, 5) is 2.38. The fraction of sp³-hybridized carbons (Fsp3) is 0.625. The fourth-order valence-corrected chi connectivity index (χ4v) is 3.01. The summed E-state index contributed by atoms with van der Waals surface area (Å²) in [6.07, 6.45) is 2.35. The Labute approximate surface area is 126 Å². The average molecular weight is 327 g/mol. The molecule has 0 amide bonds. The molecule has 0 unspecified atom stereocenters. The molecule has 0 radical (unpaired) electrons. The van der Waals surface area contributed by atoms with Crippen molar-refractivity contribution < 1.29 is 0 Å². The van der Waals surface area contributed by atoms with Gasteiger partial charge in [-0.15, -0.1) is 0 Å². The third-order valence-electron chi connectivity index (χ3n) is 3.60. The molecule has 0 aliphatic rings. The average Bonchev–Trinajstić information content (AvgIpc) is 2.37. The van der Waals surface area contributed by atoms with Crippen LogP contribution in [-0.4, -0.2) is 19.1 Å². The maximum absolute atomic E-state index is 3.71. The van der Waals surface area contributed by atoms with Crippen LogP contribution in [0.4, 0.5) is 5.69 Å². The Morgan fingerprint density at radius 3 is 2.32 bits per heavy atom. The summed E-state index contributed by atoms with van der Waals surface area (Å²) < 4.78 is 1.19. The van der Waals surface area contributed by atoms with E-state index in [0.717, 1.165) is 6.54 Å². The Bertz CT molecular complexity index is 386. The highest BCUT2D eigenvalue weighted by atomic mass is 79.9. The predicted molar refractivity (Wildman–Crippen MR) is 88.9 cm³/mol. The molecule has 1 aromatic carbocycles. The minimum atomic E-state index is 0.519. The van der Waals surface area contributed by atoms with Crippen LogP contribution in [0, 0.1) is 0 Å². The van der Waals surface area contributed by atoms with Gasteiger partial charge in [0, 0.05) is 30.1 Å². The van der Waals surface area contributed by atoms with Crippen LogP contribution < -0.4 is 10.2 Å². The summed E-state index contributed by atoms with van der Waals surface area (Å²) in [7, 11) is 2.18. The maximum atomic E-state index is 3.71. The summed E-state index contributed by atoms with van der Waals surface area (Å²) in [6.45, 7) is 9.76. The van der Waals surface area contributed by atoms with Crippen molar-refractivity contribution in [1.82, 2.24) is 5.32 Å². The molecule has 2 nitrogen and oxygen atoms in total. The zero-order chi connectivity index (χ0) is 14.4. The Hall–Kier alpha value is -0.540. The van der Waals surface area contributed by atoms with E-state index in [0.29, 0.717) is 12.1 Å². The van der Waals surface area contributed by atoms with Gasteiger partial charge in [-0.25, -0.2) is 0 Å². The van der Waals surface area contributed by atoms with Gasteiger partial charge in [-0.2, -0.15) is 0 Å². The molecule has 0 saturated heterocycles. The van der Waals surface area contributed by atoms with Crippen LogP contribution in [0.2, 0.25) is 0 Å². The molecule has 1 N–H and O–H groups in total.